The van der Waals surface area contributed by atoms with Crippen LogP contribution >= 0.6 is 0 Å². The Bertz CT molecular complexity index is 416. The molecule has 0 aliphatic rings. The van der Waals surface area contributed by atoms with Gasteiger partial charge >= 0.3 is 0 Å². The summed E-state index contributed by atoms with van der Waals surface area (Å²) in [6.45, 7) is 0. The molecule has 0 spiro atoms. The molecule has 3 nitrogen and oxygen atoms in total. The molecule has 6 heteroatoms. The smallest absolute Gasteiger partial charge is 0.238 e. The number of halogens is 3. The van der Waals surface area contributed by atoms with Gasteiger partial charge < -0.3 is 5.32 Å². The van der Waals surface area contributed by atoms with E-state index < -0.39 is 29.8 Å². The molecule has 1 amide bonds. The zero-order valence-electron chi connectivity index (χ0n) is 7.35. The van der Waals surface area contributed by atoms with Gasteiger partial charge in [0.05, 0.1) is 6.07 Å². The van der Waals surface area contributed by atoms with Gasteiger partial charge in [0.25, 0.3) is 0 Å². The molecule has 0 radical (unpaired) electrons. The number of carbonyl (C=O) groups excluding carboxylic acids is 1. The van der Waals surface area contributed by atoms with Crippen molar-refractivity contribution in [3.63, 3.8) is 0 Å². The monoisotopic (exact) mass is 214 g/mol. The normalized spacial score (nSPS) is 9.47. The molecule has 0 saturated heterocycles. The summed E-state index contributed by atoms with van der Waals surface area (Å²) >= 11 is 0. The van der Waals surface area contributed by atoms with Gasteiger partial charge in [0, 0.05) is 17.8 Å². The van der Waals surface area contributed by atoms with Crippen LogP contribution < -0.4 is 5.32 Å². The molecule has 15 heavy (non-hydrogen) atoms. The van der Waals surface area contributed by atoms with Crippen molar-refractivity contribution in [3.05, 3.63) is 29.6 Å². The maximum Gasteiger partial charge on any atom is 0.238 e. The average molecular weight is 214 g/mol. The van der Waals surface area contributed by atoms with Gasteiger partial charge in [0.15, 0.2) is 17.5 Å². The first-order chi connectivity index (χ1) is 7.04. The molecule has 0 aliphatic heterocycles. The number of nitrogens with one attached hydrogen (secondary N) is 1. The van der Waals surface area contributed by atoms with Gasteiger partial charge in [-0.3, -0.25) is 4.79 Å². The maximum atomic E-state index is 12.6. The van der Waals surface area contributed by atoms with Crippen LogP contribution in [0.3, 0.4) is 0 Å². The van der Waals surface area contributed by atoms with Crippen molar-refractivity contribution >= 4 is 11.6 Å². The van der Waals surface area contributed by atoms with Crippen LogP contribution in [0.4, 0.5) is 18.9 Å². The van der Waals surface area contributed by atoms with Crippen LogP contribution in [-0.4, -0.2) is 5.91 Å². The molecular weight excluding hydrogens is 209 g/mol. The van der Waals surface area contributed by atoms with Crippen molar-refractivity contribution in [2.45, 2.75) is 6.42 Å². The van der Waals surface area contributed by atoms with Crippen molar-refractivity contribution in [2.75, 3.05) is 5.32 Å². The van der Waals surface area contributed by atoms with E-state index in [0.29, 0.717) is 12.1 Å². The number of anilines is 1. The summed E-state index contributed by atoms with van der Waals surface area (Å²) in [5.41, 5.74) is -0.230. The molecule has 0 heterocycles. The topological polar surface area (TPSA) is 52.9 Å². The lowest BCUT2D eigenvalue weighted by Gasteiger charge is -2.03. The summed E-state index contributed by atoms with van der Waals surface area (Å²) in [5, 5.41) is 10.2. The molecular formula is C9H5F3N2O. The molecule has 78 valence electrons. The van der Waals surface area contributed by atoms with E-state index in [1.165, 1.54) is 0 Å². The largest absolute Gasteiger partial charge is 0.325 e. The quantitative estimate of drug-likeness (QED) is 0.765. The lowest BCUT2D eigenvalue weighted by Crippen LogP contribution is -2.11. The first kappa shape index (κ1) is 11.0. The van der Waals surface area contributed by atoms with Crippen LogP contribution in [0.1, 0.15) is 6.42 Å². The van der Waals surface area contributed by atoms with E-state index in [-0.39, 0.29) is 5.69 Å². The number of hydrogen-bond donors (Lipinski definition) is 1. The third-order valence-electron chi connectivity index (χ3n) is 1.51. The second-order valence-corrected chi connectivity index (χ2v) is 2.64. The van der Waals surface area contributed by atoms with Gasteiger partial charge in [-0.05, 0) is 0 Å². The van der Waals surface area contributed by atoms with Crippen molar-refractivity contribution in [1.29, 1.82) is 5.26 Å². The van der Waals surface area contributed by atoms with Gasteiger partial charge in [-0.1, -0.05) is 0 Å². The third kappa shape index (κ3) is 2.71. The van der Waals surface area contributed by atoms with Gasteiger partial charge in [-0.2, -0.15) is 5.26 Å². The Kier molecular flexibility index (Phi) is 3.29. The number of nitrogens with zero attached hydrogens (tertiary/aromatic N) is 1. The van der Waals surface area contributed by atoms with E-state index in [1.54, 1.807) is 6.07 Å². The van der Waals surface area contributed by atoms with Crippen molar-refractivity contribution in [3.8, 4) is 6.07 Å². The Morgan fingerprint density at radius 3 is 2.33 bits per heavy atom. The van der Waals surface area contributed by atoms with Crippen LogP contribution in [0.5, 0.6) is 0 Å². The minimum Gasteiger partial charge on any atom is -0.325 e. The molecule has 1 rings (SSSR count). The van der Waals surface area contributed by atoms with Gasteiger partial charge in [-0.25, -0.2) is 13.2 Å². The Labute approximate surface area is 83.1 Å². The predicted molar refractivity (Wildman–Crippen MR) is 45.2 cm³/mol. The van der Waals surface area contributed by atoms with Crippen LogP contribution in [-0.2, 0) is 4.79 Å². The SMILES string of the molecule is N#CCC(=O)Nc1cc(F)c(F)c(F)c1. The number of nitriles is 1. The Balaban J connectivity index is 2.89. The van der Waals surface area contributed by atoms with Crippen LogP contribution in [0, 0.1) is 28.8 Å². The standard InChI is InChI=1S/C9H5F3N2O/c10-6-3-5(4-7(11)9(6)12)14-8(15)1-2-13/h3-4H,1H2,(H,14,15). The molecule has 0 bridgehead atoms. The van der Waals surface area contributed by atoms with E-state index in [1.807, 2.05) is 5.32 Å². The lowest BCUT2D eigenvalue weighted by molar-refractivity contribution is -0.115. The van der Waals surface area contributed by atoms with Gasteiger partial charge in [-0.15, -0.1) is 0 Å². The van der Waals surface area contributed by atoms with E-state index in [0.717, 1.165) is 0 Å². The van der Waals surface area contributed by atoms with Gasteiger partial charge in [0.1, 0.15) is 6.42 Å². The first-order valence-electron chi connectivity index (χ1n) is 3.86. The maximum absolute atomic E-state index is 12.6. The zero-order valence-corrected chi connectivity index (χ0v) is 7.35. The second-order valence-electron chi connectivity index (χ2n) is 2.64. The molecule has 1 aromatic rings. The molecule has 0 aliphatic carbocycles. The van der Waals surface area contributed by atoms with Crippen LogP contribution in [0.2, 0.25) is 0 Å². The molecule has 0 fully saturated rings. The average Bonchev–Trinajstić information content (AvgIpc) is 2.14. The van der Waals surface area contributed by atoms with E-state index in [4.69, 9.17) is 5.26 Å². The number of benzene rings is 1. The number of hydrogen-bond acceptors (Lipinski definition) is 2. The Morgan fingerprint density at radius 1 is 1.33 bits per heavy atom. The van der Waals surface area contributed by atoms with Crippen molar-refractivity contribution < 1.29 is 18.0 Å². The summed E-state index contributed by atoms with van der Waals surface area (Å²) in [4.78, 5) is 10.8. The summed E-state index contributed by atoms with van der Waals surface area (Å²) in [5.74, 6) is -5.12. The van der Waals surface area contributed by atoms with E-state index >= 15 is 0 Å². The van der Waals surface area contributed by atoms with Crippen LogP contribution in [0.15, 0.2) is 12.1 Å². The van der Waals surface area contributed by atoms with Gasteiger partial charge in [0.2, 0.25) is 5.91 Å². The molecule has 0 saturated carbocycles. The third-order valence-corrected chi connectivity index (χ3v) is 1.51. The van der Waals surface area contributed by atoms with E-state index in [9.17, 15) is 18.0 Å². The Morgan fingerprint density at radius 2 is 1.87 bits per heavy atom. The highest BCUT2D eigenvalue weighted by Crippen LogP contribution is 2.17. The highest BCUT2D eigenvalue weighted by Gasteiger charge is 2.11. The fourth-order valence-corrected chi connectivity index (χ4v) is 0.905. The molecule has 0 aromatic heterocycles. The highest BCUT2D eigenvalue weighted by molar-refractivity contribution is 5.91. The minimum absolute atomic E-state index is 0.230. The summed E-state index contributed by atoms with van der Waals surface area (Å²) < 4.78 is 37.8. The molecule has 0 atom stereocenters. The highest BCUT2D eigenvalue weighted by atomic mass is 19.2. The fraction of sp³-hybridized carbons (Fsp3) is 0.111. The number of rotatable bonds is 2. The fourth-order valence-electron chi connectivity index (χ4n) is 0.905. The number of amides is 1. The first-order valence-corrected chi connectivity index (χ1v) is 3.86. The number of carbonyl (C=O) groups is 1. The summed E-state index contributed by atoms with van der Waals surface area (Å²) in [7, 11) is 0. The Hall–Kier alpha value is -2.03. The zero-order chi connectivity index (χ0) is 11.4. The van der Waals surface area contributed by atoms with Crippen molar-refractivity contribution in [1.82, 2.24) is 0 Å². The molecule has 1 aromatic carbocycles. The van der Waals surface area contributed by atoms with Crippen LogP contribution in [0.25, 0.3) is 0 Å². The summed E-state index contributed by atoms with van der Waals surface area (Å²) in [6.07, 6.45) is -0.444. The van der Waals surface area contributed by atoms with Crippen molar-refractivity contribution in [2.24, 2.45) is 0 Å². The van der Waals surface area contributed by atoms with E-state index in [2.05, 4.69) is 0 Å². The molecule has 1 N–H and O–H groups in total. The summed E-state index contributed by atoms with van der Waals surface area (Å²) in [6, 6.07) is 2.82. The molecule has 0 unspecified atom stereocenters. The lowest BCUT2D eigenvalue weighted by atomic mass is 10.2. The predicted octanol–water partition coefficient (Wildman–Crippen LogP) is 1.96. The minimum atomic E-state index is -1.60. The second kappa shape index (κ2) is 4.46.